The molecule has 2 bridgehead atoms. The number of esters is 2. The number of methoxy groups -OCH3 is 1. The fraction of sp³-hybridized carbons (Fsp3) is 0.227. The third-order valence-electron chi connectivity index (χ3n) is 5.19. The van der Waals surface area contributed by atoms with Crippen molar-refractivity contribution < 1.29 is 23.9 Å². The first-order valence-corrected chi connectivity index (χ1v) is 9.02. The van der Waals surface area contributed by atoms with E-state index in [4.69, 9.17) is 9.47 Å². The van der Waals surface area contributed by atoms with Crippen LogP contribution in [-0.4, -0.2) is 37.0 Å². The molecular formula is C22H19NO5. The van der Waals surface area contributed by atoms with Gasteiger partial charge in [0.2, 0.25) is 11.3 Å². The minimum absolute atomic E-state index is 0.115. The summed E-state index contributed by atoms with van der Waals surface area (Å²) in [6.07, 6.45) is 1.41. The molecule has 6 heteroatoms. The Balaban J connectivity index is 2.05. The van der Waals surface area contributed by atoms with Gasteiger partial charge >= 0.3 is 11.9 Å². The number of anilines is 1. The SMILES string of the molecule is CCOC(=O)[C@@]12C=C(C(=O)OC)[C@@H](c3ccccc3C1=O)N2c1ccccc1. The summed E-state index contributed by atoms with van der Waals surface area (Å²) in [5, 5.41) is 0. The van der Waals surface area contributed by atoms with Gasteiger partial charge in [0, 0.05) is 11.3 Å². The van der Waals surface area contributed by atoms with Gasteiger partial charge in [-0.15, -0.1) is 0 Å². The predicted molar refractivity (Wildman–Crippen MR) is 102 cm³/mol. The summed E-state index contributed by atoms with van der Waals surface area (Å²) in [6.45, 7) is 1.80. The van der Waals surface area contributed by atoms with E-state index in [2.05, 4.69) is 0 Å². The van der Waals surface area contributed by atoms with E-state index in [0.717, 1.165) is 0 Å². The van der Waals surface area contributed by atoms with Crippen LogP contribution in [0.2, 0.25) is 0 Å². The monoisotopic (exact) mass is 377 g/mol. The molecule has 0 aromatic heterocycles. The topological polar surface area (TPSA) is 72.9 Å². The number of fused-ring (bicyclic) bond motifs is 4. The number of carbonyl (C=O) groups excluding carboxylic acids is 3. The van der Waals surface area contributed by atoms with Crippen molar-refractivity contribution in [3.8, 4) is 0 Å². The summed E-state index contributed by atoms with van der Waals surface area (Å²) in [6, 6.07) is 15.5. The maximum atomic E-state index is 13.6. The molecule has 0 amide bonds. The van der Waals surface area contributed by atoms with E-state index in [1.165, 1.54) is 13.2 Å². The normalized spacial score (nSPS) is 22.4. The molecule has 2 aliphatic heterocycles. The second-order valence-corrected chi connectivity index (χ2v) is 6.60. The van der Waals surface area contributed by atoms with Gasteiger partial charge in [0.15, 0.2) is 0 Å². The Morgan fingerprint density at radius 2 is 1.75 bits per heavy atom. The molecule has 2 aromatic carbocycles. The molecule has 0 aliphatic carbocycles. The van der Waals surface area contributed by atoms with Crippen molar-refractivity contribution in [1.29, 1.82) is 0 Å². The number of rotatable bonds is 4. The number of ether oxygens (including phenoxy) is 2. The van der Waals surface area contributed by atoms with Crippen LogP contribution in [0.25, 0.3) is 0 Å². The third kappa shape index (κ3) is 2.30. The zero-order valence-corrected chi connectivity index (χ0v) is 15.5. The molecular weight excluding hydrogens is 358 g/mol. The van der Waals surface area contributed by atoms with Crippen molar-refractivity contribution in [2.24, 2.45) is 0 Å². The molecule has 4 rings (SSSR count). The van der Waals surface area contributed by atoms with E-state index >= 15 is 0 Å². The molecule has 6 nitrogen and oxygen atoms in total. The molecule has 0 N–H and O–H groups in total. The molecule has 0 saturated heterocycles. The van der Waals surface area contributed by atoms with E-state index < -0.39 is 29.3 Å². The first-order valence-electron chi connectivity index (χ1n) is 9.02. The molecule has 0 fully saturated rings. The fourth-order valence-corrected chi connectivity index (χ4v) is 4.07. The summed E-state index contributed by atoms with van der Waals surface area (Å²) >= 11 is 0. The lowest BCUT2D eigenvalue weighted by atomic mass is 9.81. The zero-order chi connectivity index (χ0) is 19.9. The molecule has 0 unspecified atom stereocenters. The molecule has 28 heavy (non-hydrogen) atoms. The summed E-state index contributed by atoms with van der Waals surface area (Å²) in [5.41, 5.74) is 0.199. The Morgan fingerprint density at radius 1 is 1.07 bits per heavy atom. The summed E-state index contributed by atoms with van der Waals surface area (Å²) in [4.78, 5) is 41.0. The molecule has 0 radical (unpaired) electrons. The number of nitrogens with zero attached hydrogens (tertiary/aromatic N) is 1. The van der Waals surface area contributed by atoms with Gasteiger partial charge in [0.25, 0.3) is 0 Å². The van der Waals surface area contributed by atoms with Crippen LogP contribution in [0.15, 0.2) is 66.2 Å². The van der Waals surface area contributed by atoms with Crippen molar-refractivity contribution in [3.05, 3.63) is 77.4 Å². The highest BCUT2D eigenvalue weighted by Crippen LogP contribution is 2.52. The molecule has 0 spiro atoms. The maximum Gasteiger partial charge on any atom is 0.344 e. The van der Waals surface area contributed by atoms with Gasteiger partial charge in [-0.05, 0) is 30.7 Å². The smallest absolute Gasteiger partial charge is 0.344 e. The van der Waals surface area contributed by atoms with Crippen molar-refractivity contribution >= 4 is 23.4 Å². The van der Waals surface area contributed by atoms with Crippen LogP contribution in [0.4, 0.5) is 5.69 Å². The minimum Gasteiger partial charge on any atom is -0.466 e. The number of hydrogen-bond acceptors (Lipinski definition) is 6. The van der Waals surface area contributed by atoms with Crippen LogP contribution in [0, 0.1) is 0 Å². The minimum atomic E-state index is -1.75. The highest BCUT2D eigenvalue weighted by Gasteiger charge is 2.63. The van der Waals surface area contributed by atoms with Crippen LogP contribution in [-0.2, 0) is 19.1 Å². The van der Waals surface area contributed by atoms with Crippen molar-refractivity contribution in [2.45, 2.75) is 18.5 Å². The largest absolute Gasteiger partial charge is 0.466 e. The average molecular weight is 377 g/mol. The number of ketones is 1. The standard InChI is InChI=1S/C22H19NO5/c1-3-28-21(26)22-13-17(20(25)27-2)18(23(22)14-9-5-4-6-10-14)15-11-7-8-12-16(15)19(22)24/h4-13,18H,3H2,1-2H3/t18-,22-/m1/s1. The number of Topliss-reactive ketones (excluding diaryl/α,β-unsaturated/α-hetero) is 1. The summed E-state index contributed by atoms with van der Waals surface area (Å²) < 4.78 is 10.3. The lowest BCUT2D eigenvalue weighted by Gasteiger charge is -2.44. The van der Waals surface area contributed by atoms with E-state index in [1.54, 1.807) is 48.2 Å². The molecule has 2 aliphatic rings. The lowest BCUT2D eigenvalue weighted by molar-refractivity contribution is -0.146. The van der Waals surface area contributed by atoms with Crippen molar-refractivity contribution in [1.82, 2.24) is 0 Å². The third-order valence-corrected chi connectivity index (χ3v) is 5.19. The lowest BCUT2D eigenvalue weighted by Crippen LogP contribution is -2.60. The van der Waals surface area contributed by atoms with Gasteiger partial charge in [-0.1, -0.05) is 42.5 Å². The maximum absolute atomic E-state index is 13.6. The van der Waals surface area contributed by atoms with Crippen molar-refractivity contribution in [2.75, 3.05) is 18.6 Å². The predicted octanol–water partition coefficient (Wildman–Crippen LogP) is 2.85. The van der Waals surface area contributed by atoms with E-state index in [-0.39, 0.29) is 12.2 Å². The molecule has 2 heterocycles. The average Bonchev–Trinajstić information content (AvgIpc) is 3.05. The van der Waals surface area contributed by atoms with Crippen LogP contribution >= 0.6 is 0 Å². The Morgan fingerprint density at radius 3 is 2.43 bits per heavy atom. The van der Waals surface area contributed by atoms with E-state index in [0.29, 0.717) is 16.8 Å². The van der Waals surface area contributed by atoms with Crippen LogP contribution in [0.3, 0.4) is 0 Å². The quantitative estimate of drug-likeness (QED) is 0.603. The van der Waals surface area contributed by atoms with Crippen LogP contribution in [0.1, 0.15) is 28.9 Å². The molecule has 0 saturated carbocycles. The molecule has 2 atom stereocenters. The number of carbonyl (C=O) groups is 3. The highest BCUT2D eigenvalue weighted by atomic mass is 16.5. The van der Waals surface area contributed by atoms with Gasteiger partial charge in [-0.2, -0.15) is 0 Å². The summed E-state index contributed by atoms with van der Waals surface area (Å²) in [5.74, 6) is -1.70. The number of hydrogen-bond donors (Lipinski definition) is 0. The number of para-hydroxylation sites is 1. The first kappa shape index (κ1) is 18.0. The summed E-state index contributed by atoms with van der Waals surface area (Å²) in [7, 11) is 1.28. The van der Waals surface area contributed by atoms with E-state index in [1.807, 2.05) is 18.2 Å². The van der Waals surface area contributed by atoms with Crippen molar-refractivity contribution in [3.63, 3.8) is 0 Å². The van der Waals surface area contributed by atoms with Gasteiger partial charge in [-0.3, -0.25) is 4.79 Å². The Labute approximate surface area is 162 Å². The fourth-order valence-electron chi connectivity index (χ4n) is 4.07. The van der Waals surface area contributed by atoms with Gasteiger partial charge in [0.05, 0.1) is 25.3 Å². The van der Waals surface area contributed by atoms with E-state index in [9.17, 15) is 14.4 Å². The Hall–Kier alpha value is -3.41. The Bertz CT molecular complexity index is 997. The second-order valence-electron chi connectivity index (χ2n) is 6.60. The van der Waals surface area contributed by atoms with Gasteiger partial charge in [-0.25, -0.2) is 9.59 Å². The van der Waals surface area contributed by atoms with Crippen LogP contribution in [0.5, 0.6) is 0 Å². The molecule has 142 valence electrons. The number of benzene rings is 2. The zero-order valence-electron chi connectivity index (χ0n) is 15.5. The molecule has 2 aromatic rings. The van der Waals surface area contributed by atoms with Gasteiger partial charge in [0.1, 0.15) is 0 Å². The first-order chi connectivity index (χ1) is 13.6. The second kappa shape index (κ2) is 6.64. The van der Waals surface area contributed by atoms with Gasteiger partial charge < -0.3 is 14.4 Å². The Kier molecular flexibility index (Phi) is 4.26. The van der Waals surface area contributed by atoms with Crippen LogP contribution < -0.4 is 4.90 Å². The highest BCUT2D eigenvalue weighted by molar-refractivity contribution is 6.25.